The minimum atomic E-state index is -0.0730. The van der Waals surface area contributed by atoms with Gasteiger partial charge in [0, 0.05) is 58.2 Å². The SMILES string of the molecule is CC(C)(C)[C@H](C#Cc1ccccc1C#Cc1ccncc1)c1ccc([C@@H](C#Cc2ccccc2C#Cc2ccncc2)C(C)(C)C)cc1. The van der Waals surface area contributed by atoms with Crippen LogP contribution < -0.4 is 0 Å². The minimum Gasteiger partial charge on any atom is -0.265 e. The maximum Gasteiger partial charge on any atom is 0.0504 e. The highest BCUT2D eigenvalue weighted by Gasteiger charge is 2.27. The summed E-state index contributed by atoms with van der Waals surface area (Å²) in [5.41, 5.74) is 7.79. The van der Waals surface area contributed by atoms with Crippen LogP contribution in [0.3, 0.4) is 0 Å². The van der Waals surface area contributed by atoms with Crippen molar-refractivity contribution in [3.63, 3.8) is 0 Å². The first-order valence-electron chi connectivity index (χ1n) is 16.2. The van der Waals surface area contributed by atoms with Crippen LogP contribution in [0.25, 0.3) is 0 Å². The Labute approximate surface area is 287 Å². The molecule has 234 valence electrons. The maximum atomic E-state index is 4.08. The van der Waals surface area contributed by atoms with Crippen LogP contribution in [0.15, 0.2) is 122 Å². The quantitative estimate of drug-likeness (QED) is 0.184. The molecule has 2 nitrogen and oxygen atoms in total. The van der Waals surface area contributed by atoms with Crippen LogP contribution in [0.4, 0.5) is 0 Å². The monoisotopic (exact) mass is 620 g/mol. The second-order valence-electron chi connectivity index (χ2n) is 13.9. The van der Waals surface area contributed by atoms with E-state index in [1.165, 1.54) is 11.1 Å². The van der Waals surface area contributed by atoms with E-state index < -0.39 is 0 Å². The third-order valence-electron chi connectivity index (χ3n) is 7.94. The molecule has 2 heterocycles. The van der Waals surface area contributed by atoms with Crippen molar-refractivity contribution < 1.29 is 0 Å². The molecule has 0 amide bonds. The molecule has 0 aliphatic carbocycles. The molecule has 0 aliphatic heterocycles. The van der Waals surface area contributed by atoms with Crippen molar-refractivity contribution in [2.24, 2.45) is 10.8 Å². The summed E-state index contributed by atoms with van der Waals surface area (Å²) in [7, 11) is 0. The Morgan fingerprint density at radius 2 is 0.708 bits per heavy atom. The Kier molecular flexibility index (Phi) is 10.6. The molecule has 0 spiro atoms. The Bertz CT molecular complexity index is 1940. The van der Waals surface area contributed by atoms with E-state index in [2.05, 4.69) is 123 Å². The zero-order chi connectivity index (χ0) is 34.0. The normalized spacial score (nSPS) is 12.0. The topological polar surface area (TPSA) is 25.8 Å². The zero-order valence-corrected chi connectivity index (χ0v) is 28.6. The number of hydrogen-bond acceptors (Lipinski definition) is 2. The fourth-order valence-corrected chi connectivity index (χ4v) is 5.33. The van der Waals surface area contributed by atoms with Gasteiger partial charge in [-0.2, -0.15) is 0 Å². The molecule has 2 aromatic heterocycles. The largest absolute Gasteiger partial charge is 0.265 e. The van der Waals surface area contributed by atoms with Crippen molar-refractivity contribution in [3.8, 4) is 47.4 Å². The van der Waals surface area contributed by atoms with Gasteiger partial charge >= 0.3 is 0 Å². The van der Waals surface area contributed by atoms with Gasteiger partial charge in [-0.05, 0) is 70.5 Å². The summed E-state index contributed by atoms with van der Waals surface area (Å²) in [6.07, 6.45) is 7.02. The number of benzene rings is 3. The smallest absolute Gasteiger partial charge is 0.0504 e. The third-order valence-corrected chi connectivity index (χ3v) is 7.94. The van der Waals surface area contributed by atoms with Crippen molar-refractivity contribution in [3.05, 3.63) is 166 Å². The summed E-state index contributed by atoms with van der Waals surface area (Å²) in [5.74, 6) is 27.3. The summed E-state index contributed by atoms with van der Waals surface area (Å²) < 4.78 is 0. The van der Waals surface area contributed by atoms with Gasteiger partial charge in [0.2, 0.25) is 0 Å². The summed E-state index contributed by atoms with van der Waals surface area (Å²) in [6, 6.07) is 32.7. The zero-order valence-electron chi connectivity index (χ0n) is 28.6. The number of pyridine rings is 2. The first-order chi connectivity index (χ1) is 23.1. The minimum absolute atomic E-state index is 0.0257. The van der Waals surface area contributed by atoms with E-state index in [1.54, 1.807) is 24.8 Å². The van der Waals surface area contributed by atoms with Crippen molar-refractivity contribution >= 4 is 0 Å². The van der Waals surface area contributed by atoms with Gasteiger partial charge in [-0.1, -0.05) is 137 Å². The number of aromatic nitrogens is 2. The van der Waals surface area contributed by atoms with Crippen LogP contribution in [-0.4, -0.2) is 9.97 Å². The predicted octanol–water partition coefficient (Wildman–Crippen LogP) is 9.64. The van der Waals surface area contributed by atoms with Crippen molar-refractivity contribution in [2.75, 3.05) is 0 Å². The van der Waals surface area contributed by atoms with Crippen molar-refractivity contribution in [1.29, 1.82) is 0 Å². The van der Waals surface area contributed by atoms with E-state index >= 15 is 0 Å². The van der Waals surface area contributed by atoms with Gasteiger partial charge in [0.1, 0.15) is 0 Å². The lowest BCUT2D eigenvalue weighted by atomic mass is 9.74. The number of rotatable bonds is 2. The average Bonchev–Trinajstić information content (AvgIpc) is 3.08. The lowest BCUT2D eigenvalue weighted by Crippen LogP contribution is -2.19. The first kappa shape index (κ1) is 33.6. The number of nitrogens with zero attached hydrogens (tertiary/aromatic N) is 2. The highest BCUT2D eigenvalue weighted by molar-refractivity contribution is 5.55. The van der Waals surface area contributed by atoms with Crippen LogP contribution in [0, 0.1) is 58.2 Å². The summed E-state index contributed by atoms with van der Waals surface area (Å²) in [6.45, 7) is 13.5. The molecule has 5 rings (SSSR count). The molecular formula is C46H40N2. The number of hydrogen-bond donors (Lipinski definition) is 0. The molecule has 0 fully saturated rings. The molecule has 0 N–H and O–H groups in total. The van der Waals surface area contributed by atoms with Gasteiger partial charge in [0.15, 0.2) is 0 Å². The predicted molar refractivity (Wildman–Crippen MR) is 198 cm³/mol. The molecule has 0 bridgehead atoms. The maximum absolute atomic E-state index is 4.08. The lowest BCUT2D eigenvalue weighted by Gasteiger charge is -2.29. The standard InChI is InChI=1S/C46H40N2/c1-45(2,3)43(25-23-39-13-9-7-11-37(39)17-15-35-27-31-47-32-28-35)41-19-21-42(22-20-41)44(46(4,5)6)26-24-40-14-10-8-12-38(40)18-16-36-29-33-48-34-30-36/h7-14,19-22,27-34,43-44H,1-6H3/t43-,44-/m1/s1. The molecule has 3 aromatic carbocycles. The average molecular weight is 621 g/mol. The molecule has 48 heavy (non-hydrogen) atoms. The molecule has 2 heteroatoms. The Hall–Kier alpha value is -5.80. The van der Waals surface area contributed by atoms with E-state index in [9.17, 15) is 0 Å². The van der Waals surface area contributed by atoms with E-state index in [1.807, 2.05) is 72.8 Å². The van der Waals surface area contributed by atoms with Crippen LogP contribution in [0.1, 0.15) is 97.9 Å². The molecule has 2 atom stereocenters. The highest BCUT2D eigenvalue weighted by Crippen LogP contribution is 2.38. The second-order valence-corrected chi connectivity index (χ2v) is 13.9. The van der Waals surface area contributed by atoms with Crippen LogP contribution >= 0.6 is 0 Å². The van der Waals surface area contributed by atoms with Gasteiger partial charge in [0.05, 0.1) is 11.8 Å². The Morgan fingerprint density at radius 3 is 1.02 bits per heavy atom. The Morgan fingerprint density at radius 1 is 0.396 bits per heavy atom. The first-order valence-corrected chi connectivity index (χ1v) is 16.2. The fraction of sp³-hybridized carbons (Fsp3) is 0.217. The fourth-order valence-electron chi connectivity index (χ4n) is 5.33. The molecule has 0 saturated carbocycles. The van der Waals surface area contributed by atoms with E-state index in [-0.39, 0.29) is 22.7 Å². The highest BCUT2D eigenvalue weighted by atomic mass is 14.6. The lowest BCUT2D eigenvalue weighted by molar-refractivity contribution is 0.371. The van der Waals surface area contributed by atoms with E-state index in [4.69, 9.17) is 0 Å². The van der Waals surface area contributed by atoms with Gasteiger partial charge in [-0.25, -0.2) is 0 Å². The second kappa shape index (κ2) is 15.2. The summed E-state index contributed by atoms with van der Waals surface area (Å²) >= 11 is 0. The van der Waals surface area contributed by atoms with E-state index in [0.717, 1.165) is 33.4 Å². The summed E-state index contributed by atoms with van der Waals surface area (Å²) in [5, 5.41) is 0. The van der Waals surface area contributed by atoms with Crippen molar-refractivity contribution in [2.45, 2.75) is 53.4 Å². The third kappa shape index (κ3) is 9.14. The van der Waals surface area contributed by atoms with Crippen LogP contribution in [0.2, 0.25) is 0 Å². The van der Waals surface area contributed by atoms with Crippen molar-refractivity contribution in [1.82, 2.24) is 9.97 Å². The van der Waals surface area contributed by atoms with E-state index in [0.29, 0.717) is 0 Å². The molecule has 5 aromatic rings. The van der Waals surface area contributed by atoms with Gasteiger partial charge < -0.3 is 0 Å². The van der Waals surface area contributed by atoms with Crippen LogP contribution in [0.5, 0.6) is 0 Å². The molecule has 0 aliphatic rings. The molecular weight excluding hydrogens is 581 g/mol. The molecule has 0 radical (unpaired) electrons. The summed E-state index contributed by atoms with van der Waals surface area (Å²) in [4.78, 5) is 8.16. The Balaban J connectivity index is 1.43. The molecule has 0 saturated heterocycles. The van der Waals surface area contributed by atoms with Gasteiger partial charge in [-0.15, -0.1) is 0 Å². The van der Waals surface area contributed by atoms with Gasteiger partial charge in [-0.3, -0.25) is 9.97 Å². The van der Waals surface area contributed by atoms with Gasteiger partial charge in [0.25, 0.3) is 0 Å². The molecule has 0 unspecified atom stereocenters. The van der Waals surface area contributed by atoms with Crippen LogP contribution in [-0.2, 0) is 0 Å².